The molecule has 0 aliphatic rings. The molecule has 4 aromatic rings. The molecule has 190 valence electrons. The first-order chi connectivity index (χ1) is 17.8. The summed E-state index contributed by atoms with van der Waals surface area (Å²) in [6.45, 7) is 2.40. The topological polar surface area (TPSA) is 108 Å². The van der Waals surface area contributed by atoms with Gasteiger partial charge >= 0.3 is 0 Å². The van der Waals surface area contributed by atoms with E-state index in [1.54, 1.807) is 20.2 Å². The van der Waals surface area contributed by atoms with Crippen LogP contribution in [0.15, 0.2) is 82.4 Å². The van der Waals surface area contributed by atoms with E-state index in [4.69, 9.17) is 4.74 Å². The van der Waals surface area contributed by atoms with Gasteiger partial charge in [-0.05, 0) is 41.8 Å². The van der Waals surface area contributed by atoms with Gasteiger partial charge in [-0.1, -0.05) is 55.5 Å². The molecule has 8 heteroatoms. The van der Waals surface area contributed by atoms with Gasteiger partial charge in [0.25, 0.3) is 16.8 Å². The molecule has 37 heavy (non-hydrogen) atoms. The third kappa shape index (κ3) is 5.48. The number of hydrogen-bond donors (Lipinski definition) is 3. The Kier molecular flexibility index (Phi) is 7.57. The molecule has 0 aromatic heterocycles. The Labute approximate surface area is 214 Å². The van der Waals surface area contributed by atoms with Crippen LogP contribution in [0.3, 0.4) is 0 Å². The van der Waals surface area contributed by atoms with Crippen molar-refractivity contribution in [3.8, 4) is 11.5 Å². The summed E-state index contributed by atoms with van der Waals surface area (Å²) >= 11 is 0. The summed E-state index contributed by atoms with van der Waals surface area (Å²) in [5.74, 6) is 0.0117. The molecule has 0 fully saturated rings. The van der Waals surface area contributed by atoms with Gasteiger partial charge in [-0.3, -0.25) is 14.4 Å². The normalized spacial score (nSPS) is 11.6. The SMILES string of the molecule is CC[C@@H](Nc1c(Nc2cccc(C(=O)N(C)C)c2O)c(=O)c1=O)c1cccc(OCc2ccccc2)c1. The molecule has 0 spiro atoms. The number of amides is 1. The zero-order valence-electron chi connectivity index (χ0n) is 20.9. The number of nitrogens with zero attached hydrogens (tertiary/aromatic N) is 1. The van der Waals surface area contributed by atoms with Crippen LogP contribution < -0.4 is 26.2 Å². The van der Waals surface area contributed by atoms with Crippen molar-refractivity contribution in [2.45, 2.75) is 26.0 Å². The van der Waals surface area contributed by atoms with Crippen molar-refractivity contribution in [3.05, 3.63) is 110 Å². The van der Waals surface area contributed by atoms with Gasteiger partial charge in [0, 0.05) is 14.1 Å². The van der Waals surface area contributed by atoms with Gasteiger partial charge in [-0.2, -0.15) is 0 Å². The number of phenols is 1. The molecular formula is C29H29N3O5. The fourth-order valence-electron chi connectivity index (χ4n) is 4.00. The van der Waals surface area contributed by atoms with Crippen LogP contribution in [0.4, 0.5) is 17.1 Å². The van der Waals surface area contributed by atoms with Gasteiger partial charge in [0.2, 0.25) is 0 Å². The molecule has 0 saturated carbocycles. The van der Waals surface area contributed by atoms with Crippen LogP contribution in [0.25, 0.3) is 0 Å². The van der Waals surface area contributed by atoms with E-state index in [0.717, 1.165) is 11.1 Å². The van der Waals surface area contributed by atoms with E-state index >= 15 is 0 Å². The third-order valence-corrected chi connectivity index (χ3v) is 6.08. The maximum Gasteiger partial charge on any atom is 0.257 e. The van der Waals surface area contributed by atoms with Gasteiger partial charge < -0.3 is 25.4 Å². The van der Waals surface area contributed by atoms with Crippen LogP contribution in [0, 0.1) is 0 Å². The van der Waals surface area contributed by atoms with E-state index in [1.165, 1.54) is 17.0 Å². The largest absolute Gasteiger partial charge is 0.505 e. The van der Waals surface area contributed by atoms with Crippen LogP contribution in [-0.2, 0) is 6.61 Å². The minimum atomic E-state index is -0.693. The minimum absolute atomic E-state index is 0.0460. The Hall–Kier alpha value is -4.59. The summed E-state index contributed by atoms with van der Waals surface area (Å²) in [6, 6.07) is 21.8. The number of phenolic OH excluding ortho intramolecular Hbond substituents is 1. The lowest BCUT2D eigenvalue weighted by Gasteiger charge is -2.23. The number of benzene rings is 3. The third-order valence-electron chi connectivity index (χ3n) is 6.08. The van der Waals surface area contributed by atoms with Gasteiger partial charge in [0.1, 0.15) is 23.7 Å². The van der Waals surface area contributed by atoms with Crippen molar-refractivity contribution < 1.29 is 14.6 Å². The van der Waals surface area contributed by atoms with Crippen molar-refractivity contribution in [3.63, 3.8) is 0 Å². The Morgan fingerprint density at radius 1 is 0.946 bits per heavy atom. The van der Waals surface area contributed by atoms with E-state index < -0.39 is 10.9 Å². The molecule has 0 bridgehead atoms. The Balaban J connectivity index is 1.53. The quantitative estimate of drug-likeness (QED) is 0.217. The number of para-hydroxylation sites is 1. The second-order valence-corrected chi connectivity index (χ2v) is 8.89. The van der Waals surface area contributed by atoms with Crippen LogP contribution in [0.1, 0.15) is 40.9 Å². The van der Waals surface area contributed by atoms with Crippen LogP contribution in [0.5, 0.6) is 11.5 Å². The molecule has 0 radical (unpaired) electrons. The highest BCUT2D eigenvalue weighted by atomic mass is 16.5. The summed E-state index contributed by atoms with van der Waals surface area (Å²) in [5, 5.41) is 16.6. The Morgan fingerprint density at radius 2 is 1.65 bits per heavy atom. The highest BCUT2D eigenvalue weighted by molar-refractivity contribution is 5.99. The first-order valence-corrected chi connectivity index (χ1v) is 12.0. The number of ether oxygens (including phenoxy) is 1. The van der Waals surface area contributed by atoms with Gasteiger partial charge in [0.15, 0.2) is 5.75 Å². The molecule has 8 nitrogen and oxygen atoms in total. The fourth-order valence-corrected chi connectivity index (χ4v) is 4.00. The summed E-state index contributed by atoms with van der Waals surface area (Å²) in [5.41, 5.74) is 1.04. The number of carbonyl (C=O) groups is 1. The summed E-state index contributed by atoms with van der Waals surface area (Å²) < 4.78 is 5.94. The minimum Gasteiger partial charge on any atom is -0.505 e. The Bertz CT molecular complexity index is 1470. The maximum atomic E-state index is 12.5. The molecule has 1 atom stereocenters. The smallest absolute Gasteiger partial charge is 0.257 e. The van der Waals surface area contributed by atoms with Gasteiger partial charge in [0.05, 0.1) is 17.3 Å². The number of nitrogens with one attached hydrogen (secondary N) is 2. The average molecular weight is 500 g/mol. The van der Waals surface area contributed by atoms with Crippen LogP contribution in [0.2, 0.25) is 0 Å². The molecule has 1 amide bonds. The molecule has 3 N–H and O–H groups in total. The Morgan fingerprint density at radius 3 is 2.35 bits per heavy atom. The molecule has 0 aliphatic heterocycles. The molecule has 0 unspecified atom stereocenters. The lowest BCUT2D eigenvalue weighted by atomic mass is 10.0. The first kappa shape index (κ1) is 25.5. The molecule has 4 aromatic carbocycles. The van der Waals surface area contributed by atoms with Crippen LogP contribution >= 0.6 is 0 Å². The van der Waals surface area contributed by atoms with Crippen molar-refractivity contribution >= 4 is 23.0 Å². The van der Waals surface area contributed by atoms with E-state index in [1.807, 2.05) is 61.5 Å². The second kappa shape index (κ2) is 11.0. The molecular weight excluding hydrogens is 470 g/mol. The van der Waals surface area contributed by atoms with Crippen molar-refractivity contribution in [1.29, 1.82) is 0 Å². The fraction of sp³-hybridized carbons (Fsp3) is 0.207. The zero-order valence-corrected chi connectivity index (χ0v) is 20.9. The number of carbonyl (C=O) groups excluding carboxylic acids is 1. The lowest BCUT2D eigenvalue weighted by molar-refractivity contribution is 0.0824. The average Bonchev–Trinajstić information content (AvgIpc) is 2.92. The van der Waals surface area contributed by atoms with Gasteiger partial charge in [-0.25, -0.2) is 0 Å². The van der Waals surface area contributed by atoms with Crippen molar-refractivity contribution in [1.82, 2.24) is 4.90 Å². The van der Waals surface area contributed by atoms with Crippen molar-refractivity contribution in [2.75, 3.05) is 24.7 Å². The highest BCUT2D eigenvalue weighted by Crippen LogP contribution is 2.33. The predicted molar refractivity (Wildman–Crippen MR) is 145 cm³/mol. The van der Waals surface area contributed by atoms with Gasteiger partial charge in [-0.15, -0.1) is 0 Å². The molecule has 0 aliphatic carbocycles. The molecule has 0 heterocycles. The molecule has 4 rings (SSSR count). The monoisotopic (exact) mass is 499 g/mol. The number of hydrogen-bond acceptors (Lipinski definition) is 7. The van der Waals surface area contributed by atoms with E-state index in [-0.39, 0.29) is 40.3 Å². The number of anilines is 3. The highest BCUT2D eigenvalue weighted by Gasteiger charge is 2.25. The zero-order chi connectivity index (χ0) is 26.5. The van der Waals surface area contributed by atoms with Crippen molar-refractivity contribution in [2.24, 2.45) is 0 Å². The summed E-state index contributed by atoms with van der Waals surface area (Å²) in [7, 11) is 3.15. The first-order valence-electron chi connectivity index (χ1n) is 12.0. The van der Waals surface area contributed by atoms with E-state index in [0.29, 0.717) is 18.8 Å². The standard InChI is InChI=1S/C29H29N3O5/c1-4-22(19-12-8-13-20(16-19)37-17-18-10-6-5-7-11-18)30-24-25(28(35)27(24)34)31-23-15-9-14-21(26(23)33)29(36)32(2)3/h5-16,22,30-31,33H,4,17H2,1-3H3/t22-/m1/s1. The summed E-state index contributed by atoms with van der Waals surface area (Å²) in [6.07, 6.45) is 0.637. The summed E-state index contributed by atoms with van der Waals surface area (Å²) in [4.78, 5) is 38.6. The molecule has 0 saturated heterocycles. The number of aromatic hydroxyl groups is 1. The number of rotatable bonds is 10. The van der Waals surface area contributed by atoms with E-state index in [2.05, 4.69) is 10.6 Å². The van der Waals surface area contributed by atoms with Crippen LogP contribution in [-0.4, -0.2) is 30.0 Å². The predicted octanol–water partition coefficient (Wildman–Crippen LogP) is 4.58. The second-order valence-electron chi connectivity index (χ2n) is 8.89. The van der Waals surface area contributed by atoms with E-state index in [9.17, 15) is 19.5 Å². The lowest BCUT2D eigenvalue weighted by Crippen LogP contribution is -2.37. The maximum absolute atomic E-state index is 12.5.